The third kappa shape index (κ3) is 2.26. The van der Waals surface area contributed by atoms with E-state index in [9.17, 15) is 9.90 Å². The van der Waals surface area contributed by atoms with Crippen LogP contribution < -0.4 is 10.1 Å². The summed E-state index contributed by atoms with van der Waals surface area (Å²) in [5.41, 5.74) is 1.51. The molecule has 1 aromatic carbocycles. The minimum Gasteiger partial charge on any atom is -0.482 e. The lowest BCUT2D eigenvalue weighted by Gasteiger charge is -2.20. The Kier molecular flexibility index (Phi) is 2.52. The molecule has 0 saturated heterocycles. The topological polar surface area (TPSA) is 58.6 Å². The first kappa shape index (κ1) is 10.6. The average Bonchev–Trinajstić information content (AvgIpc) is 3.12. The molecule has 1 fully saturated rings. The van der Waals surface area contributed by atoms with Crippen LogP contribution >= 0.6 is 0 Å². The minimum absolute atomic E-state index is 0.0664. The normalized spacial score (nSPS) is 20.2. The van der Waals surface area contributed by atoms with Crippen molar-refractivity contribution in [2.45, 2.75) is 25.4 Å². The molecule has 0 aromatic heterocycles. The number of carbonyl (C=O) groups excluding carboxylic acids is 1. The van der Waals surface area contributed by atoms with E-state index in [1.165, 1.54) is 12.8 Å². The van der Waals surface area contributed by atoms with Crippen LogP contribution in [0.1, 0.15) is 30.9 Å². The van der Waals surface area contributed by atoms with Gasteiger partial charge >= 0.3 is 0 Å². The summed E-state index contributed by atoms with van der Waals surface area (Å²) in [4.78, 5) is 11.2. The summed E-state index contributed by atoms with van der Waals surface area (Å²) in [6.45, 7) is 0.0664. The van der Waals surface area contributed by atoms with Gasteiger partial charge in [0.15, 0.2) is 6.61 Å². The number of hydrogen-bond acceptors (Lipinski definition) is 3. The lowest BCUT2D eigenvalue weighted by molar-refractivity contribution is -0.118. The summed E-state index contributed by atoms with van der Waals surface area (Å²) >= 11 is 0. The Morgan fingerprint density at radius 3 is 3.06 bits per heavy atom. The van der Waals surface area contributed by atoms with Gasteiger partial charge in [-0.25, -0.2) is 0 Å². The molecule has 1 saturated carbocycles. The van der Waals surface area contributed by atoms with Gasteiger partial charge < -0.3 is 15.2 Å². The van der Waals surface area contributed by atoms with E-state index >= 15 is 0 Å². The first-order chi connectivity index (χ1) is 8.22. The Hall–Kier alpha value is -1.55. The number of anilines is 1. The molecule has 0 radical (unpaired) electrons. The van der Waals surface area contributed by atoms with E-state index in [0.717, 1.165) is 12.0 Å². The van der Waals surface area contributed by atoms with Gasteiger partial charge in [0.25, 0.3) is 5.91 Å². The van der Waals surface area contributed by atoms with Crippen LogP contribution in [0.2, 0.25) is 0 Å². The van der Waals surface area contributed by atoms with E-state index in [-0.39, 0.29) is 12.5 Å². The molecule has 1 amide bonds. The van der Waals surface area contributed by atoms with Crippen molar-refractivity contribution in [1.82, 2.24) is 0 Å². The number of fused-ring (bicyclic) bond motifs is 1. The molecule has 1 aliphatic carbocycles. The standard InChI is InChI=1S/C13H15NO3/c15-11(5-8-1-2-8)9-3-4-12-10(6-9)14-13(16)7-17-12/h3-4,6,8,11,15H,1-2,5,7H2,(H,14,16). The molecule has 4 nitrogen and oxygen atoms in total. The van der Waals surface area contributed by atoms with Gasteiger partial charge in [-0.3, -0.25) is 4.79 Å². The fraction of sp³-hybridized carbons (Fsp3) is 0.462. The first-order valence-corrected chi connectivity index (χ1v) is 5.97. The molecular weight excluding hydrogens is 218 g/mol. The summed E-state index contributed by atoms with van der Waals surface area (Å²) < 4.78 is 5.27. The van der Waals surface area contributed by atoms with Gasteiger partial charge in [-0.15, -0.1) is 0 Å². The van der Waals surface area contributed by atoms with Crippen molar-refractivity contribution in [2.75, 3.05) is 11.9 Å². The number of aliphatic hydroxyl groups excluding tert-OH is 1. The Morgan fingerprint density at radius 2 is 2.29 bits per heavy atom. The van der Waals surface area contributed by atoms with Crippen LogP contribution in [0.5, 0.6) is 5.75 Å². The average molecular weight is 233 g/mol. The van der Waals surface area contributed by atoms with Crippen molar-refractivity contribution in [3.05, 3.63) is 23.8 Å². The second kappa shape index (κ2) is 4.04. The van der Waals surface area contributed by atoms with Gasteiger partial charge in [-0.1, -0.05) is 18.9 Å². The molecule has 1 aliphatic heterocycles. The van der Waals surface area contributed by atoms with Crippen LogP contribution in [0, 0.1) is 5.92 Å². The highest BCUT2D eigenvalue weighted by Gasteiger charge is 2.26. The first-order valence-electron chi connectivity index (χ1n) is 5.97. The van der Waals surface area contributed by atoms with Crippen LogP contribution in [0.3, 0.4) is 0 Å². The molecule has 2 N–H and O–H groups in total. The zero-order valence-electron chi connectivity index (χ0n) is 9.48. The largest absolute Gasteiger partial charge is 0.482 e. The van der Waals surface area contributed by atoms with Crippen molar-refractivity contribution in [2.24, 2.45) is 5.92 Å². The van der Waals surface area contributed by atoms with Crippen molar-refractivity contribution in [3.63, 3.8) is 0 Å². The summed E-state index contributed by atoms with van der Waals surface area (Å²) in [5.74, 6) is 1.20. The molecular formula is C13H15NO3. The monoisotopic (exact) mass is 233 g/mol. The lowest BCUT2D eigenvalue weighted by Crippen LogP contribution is -2.25. The van der Waals surface area contributed by atoms with Crippen LogP contribution in [0.15, 0.2) is 18.2 Å². The zero-order chi connectivity index (χ0) is 11.8. The minimum atomic E-state index is -0.438. The van der Waals surface area contributed by atoms with E-state index in [1.807, 2.05) is 6.07 Å². The van der Waals surface area contributed by atoms with Gasteiger partial charge in [0, 0.05) is 0 Å². The maximum absolute atomic E-state index is 11.2. The number of carbonyl (C=O) groups is 1. The molecule has 2 aliphatic rings. The van der Waals surface area contributed by atoms with Crippen LogP contribution in [0.25, 0.3) is 0 Å². The molecule has 1 heterocycles. The summed E-state index contributed by atoms with van der Waals surface area (Å²) in [5, 5.41) is 12.8. The van der Waals surface area contributed by atoms with Crippen molar-refractivity contribution >= 4 is 11.6 Å². The number of aliphatic hydroxyl groups is 1. The van der Waals surface area contributed by atoms with Crippen molar-refractivity contribution in [1.29, 1.82) is 0 Å². The fourth-order valence-electron chi connectivity index (χ4n) is 2.11. The Balaban J connectivity index is 1.81. The molecule has 3 rings (SSSR count). The third-order valence-corrected chi connectivity index (χ3v) is 3.27. The highest BCUT2D eigenvalue weighted by Crippen LogP contribution is 2.39. The molecule has 4 heteroatoms. The summed E-state index contributed by atoms with van der Waals surface area (Å²) in [6, 6.07) is 5.48. The lowest BCUT2D eigenvalue weighted by atomic mass is 10.0. The van der Waals surface area contributed by atoms with Gasteiger partial charge in [0.2, 0.25) is 0 Å². The molecule has 17 heavy (non-hydrogen) atoms. The Bertz CT molecular complexity index is 454. The van der Waals surface area contributed by atoms with Crippen molar-refractivity contribution < 1.29 is 14.6 Å². The molecule has 0 bridgehead atoms. The predicted octanol–water partition coefficient (Wildman–Crippen LogP) is 1.85. The van der Waals surface area contributed by atoms with Crippen LogP contribution in [0.4, 0.5) is 5.69 Å². The Morgan fingerprint density at radius 1 is 1.47 bits per heavy atom. The second-order valence-corrected chi connectivity index (χ2v) is 4.79. The number of benzene rings is 1. The highest BCUT2D eigenvalue weighted by atomic mass is 16.5. The quantitative estimate of drug-likeness (QED) is 0.837. The van der Waals surface area contributed by atoms with E-state index in [1.54, 1.807) is 12.1 Å². The highest BCUT2D eigenvalue weighted by molar-refractivity contribution is 5.95. The number of nitrogens with one attached hydrogen (secondary N) is 1. The molecule has 90 valence electrons. The molecule has 0 spiro atoms. The Labute approximate surface area is 99.6 Å². The predicted molar refractivity (Wildman–Crippen MR) is 62.9 cm³/mol. The van der Waals surface area contributed by atoms with E-state index < -0.39 is 6.10 Å². The molecule has 1 unspecified atom stereocenters. The fourth-order valence-corrected chi connectivity index (χ4v) is 2.11. The van der Waals surface area contributed by atoms with Crippen molar-refractivity contribution in [3.8, 4) is 5.75 Å². The van der Waals surface area contributed by atoms with E-state index in [2.05, 4.69) is 5.32 Å². The summed E-state index contributed by atoms with van der Waals surface area (Å²) in [6.07, 6.45) is 2.82. The molecule has 1 aromatic rings. The number of rotatable bonds is 3. The second-order valence-electron chi connectivity index (χ2n) is 4.79. The van der Waals surface area contributed by atoms with Gasteiger partial charge in [-0.2, -0.15) is 0 Å². The SMILES string of the molecule is O=C1COc2ccc(C(O)CC3CC3)cc2N1. The number of hydrogen-bond donors (Lipinski definition) is 2. The van der Waals surface area contributed by atoms with Crippen LogP contribution in [-0.2, 0) is 4.79 Å². The summed E-state index contributed by atoms with van der Waals surface area (Å²) in [7, 11) is 0. The zero-order valence-corrected chi connectivity index (χ0v) is 9.48. The smallest absolute Gasteiger partial charge is 0.262 e. The number of ether oxygens (including phenoxy) is 1. The van der Waals surface area contributed by atoms with Crippen LogP contribution in [-0.4, -0.2) is 17.6 Å². The third-order valence-electron chi connectivity index (χ3n) is 3.27. The van der Waals surface area contributed by atoms with Gasteiger partial charge in [0.05, 0.1) is 11.8 Å². The maximum Gasteiger partial charge on any atom is 0.262 e. The van der Waals surface area contributed by atoms with Gasteiger partial charge in [-0.05, 0) is 30.0 Å². The van der Waals surface area contributed by atoms with Gasteiger partial charge in [0.1, 0.15) is 5.75 Å². The molecule has 1 atom stereocenters. The van der Waals surface area contributed by atoms with E-state index in [4.69, 9.17) is 4.74 Å². The van der Waals surface area contributed by atoms with E-state index in [0.29, 0.717) is 17.4 Å². The maximum atomic E-state index is 11.2. The number of amides is 1.